The summed E-state index contributed by atoms with van der Waals surface area (Å²) in [6, 6.07) is 11.3. The first-order valence-electron chi connectivity index (χ1n) is 10.9. The summed E-state index contributed by atoms with van der Waals surface area (Å²) in [5.41, 5.74) is -0.143. The quantitative estimate of drug-likeness (QED) is 0.544. The molecule has 3 aromatic rings. The zero-order valence-electron chi connectivity index (χ0n) is 17.6. The van der Waals surface area contributed by atoms with Gasteiger partial charge in [-0.25, -0.2) is 9.18 Å². The molecule has 168 valence electrons. The number of hydrogen-bond donors (Lipinski definition) is 2. The minimum absolute atomic E-state index is 0.0729. The van der Waals surface area contributed by atoms with E-state index in [-0.39, 0.29) is 40.5 Å². The van der Waals surface area contributed by atoms with Crippen molar-refractivity contribution in [3.8, 4) is 0 Å². The molecule has 0 amide bonds. The molecule has 4 rings (SSSR count). The highest BCUT2D eigenvalue weighted by molar-refractivity contribution is 6.30. The van der Waals surface area contributed by atoms with Crippen molar-refractivity contribution in [2.45, 2.75) is 51.2 Å². The molecule has 1 aliphatic rings. The van der Waals surface area contributed by atoms with E-state index in [2.05, 4.69) is 0 Å². The smallest absolute Gasteiger partial charge is 0.341 e. The van der Waals surface area contributed by atoms with E-state index in [1.165, 1.54) is 12.1 Å². The molecule has 5 nitrogen and oxygen atoms in total. The zero-order chi connectivity index (χ0) is 22.8. The van der Waals surface area contributed by atoms with Gasteiger partial charge in [-0.2, -0.15) is 0 Å². The number of carboxylic acid groups (broad SMARTS) is 1. The number of para-hydroxylation sites is 1. The molecule has 1 heterocycles. The number of pyridine rings is 1. The van der Waals surface area contributed by atoms with Crippen LogP contribution in [-0.2, 0) is 13.0 Å². The third kappa shape index (κ3) is 4.30. The molecule has 1 aliphatic carbocycles. The van der Waals surface area contributed by atoms with Gasteiger partial charge in [0.2, 0.25) is 5.43 Å². The van der Waals surface area contributed by atoms with E-state index in [1.807, 2.05) is 0 Å². The average Bonchev–Trinajstić information content (AvgIpc) is 2.79. The van der Waals surface area contributed by atoms with Crippen molar-refractivity contribution < 1.29 is 19.4 Å². The fraction of sp³-hybridized carbons (Fsp3) is 0.360. The normalized spacial score (nSPS) is 15.7. The van der Waals surface area contributed by atoms with Crippen LogP contribution in [0.5, 0.6) is 0 Å². The molecule has 1 atom stereocenters. The van der Waals surface area contributed by atoms with Crippen molar-refractivity contribution in [1.29, 1.82) is 0 Å². The SMILES string of the molecule is O=C(O)c1c(Cc2cccc(Cl)c2F)n(CC(O)C2CCCCC2)c2ccccc2c1=O. The molecule has 2 N–H and O–H groups in total. The number of hydrogen-bond acceptors (Lipinski definition) is 3. The lowest BCUT2D eigenvalue weighted by atomic mass is 9.85. The van der Waals surface area contributed by atoms with Gasteiger partial charge in [0.25, 0.3) is 0 Å². The molecule has 1 fully saturated rings. The van der Waals surface area contributed by atoms with Crippen molar-refractivity contribution in [3.63, 3.8) is 0 Å². The summed E-state index contributed by atoms with van der Waals surface area (Å²) >= 11 is 5.93. The van der Waals surface area contributed by atoms with Gasteiger partial charge in [0.15, 0.2) is 0 Å². The summed E-state index contributed by atoms with van der Waals surface area (Å²) in [7, 11) is 0. The second-order valence-electron chi connectivity index (χ2n) is 8.44. The molecule has 0 radical (unpaired) electrons. The van der Waals surface area contributed by atoms with E-state index in [0.29, 0.717) is 5.52 Å². The number of carboxylic acids is 1. The first-order chi connectivity index (χ1) is 15.4. The predicted octanol–water partition coefficient (Wildman–Crippen LogP) is 5.02. The third-order valence-corrected chi connectivity index (χ3v) is 6.74. The number of aromatic nitrogens is 1. The summed E-state index contributed by atoms with van der Waals surface area (Å²) in [4.78, 5) is 25.3. The predicted molar refractivity (Wildman–Crippen MR) is 122 cm³/mol. The van der Waals surface area contributed by atoms with E-state index in [1.54, 1.807) is 34.9 Å². The van der Waals surface area contributed by atoms with Crippen LogP contribution in [0.1, 0.15) is 53.7 Å². The summed E-state index contributed by atoms with van der Waals surface area (Å²) in [5.74, 6) is -1.92. The van der Waals surface area contributed by atoms with Gasteiger partial charge in [0.1, 0.15) is 11.4 Å². The molecule has 32 heavy (non-hydrogen) atoms. The summed E-state index contributed by atoms with van der Waals surface area (Å²) in [6.45, 7) is 0.128. The number of nitrogens with zero attached hydrogens (tertiary/aromatic N) is 1. The van der Waals surface area contributed by atoms with Gasteiger partial charge in [-0.3, -0.25) is 4.79 Å². The number of aliphatic hydroxyl groups is 1. The molecule has 1 aromatic heterocycles. The first kappa shape index (κ1) is 22.5. The van der Waals surface area contributed by atoms with Gasteiger partial charge in [-0.05, 0) is 42.5 Å². The fourth-order valence-corrected chi connectivity index (χ4v) is 4.97. The second-order valence-corrected chi connectivity index (χ2v) is 8.85. The van der Waals surface area contributed by atoms with Crippen molar-refractivity contribution in [1.82, 2.24) is 4.57 Å². The maximum Gasteiger partial charge on any atom is 0.341 e. The third-order valence-electron chi connectivity index (χ3n) is 6.45. The molecular formula is C25H25ClFNO4. The van der Waals surface area contributed by atoms with Gasteiger partial charge in [0.05, 0.1) is 16.6 Å². The molecule has 0 aliphatic heterocycles. The number of benzene rings is 2. The Hall–Kier alpha value is -2.70. The number of carbonyl (C=O) groups is 1. The van der Waals surface area contributed by atoms with Crippen LogP contribution in [0.25, 0.3) is 10.9 Å². The van der Waals surface area contributed by atoms with Crippen LogP contribution >= 0.6 is 11.6 Å². The molecule has 2 aromatic carbocycles. The number of aromatic carboxylic acids is 1. The van der Waals surface area contributed by atoms with Gasteiger partial charge in [-0.15, -0.1) is 0 Å². The molecule has 0 bridgehead atoms. The minimum Gasteiger partial charge on any atom is -0.477 e. The highest BCUT2D eigenvalue weighted by atomic mass is 35.5. The number of aliphatic hydroxyl groups excluding tert-OH is 1. The Morgan fingerprint density at radius 2 is 1.84 bits per heavy atom. The molecular weight excluding hydrogens is 433 g/mol. The van der Waals surface area contributed by atoms with Gasteiger partial charge < -0.3 is 14.8 Å². The maximum absolute atomic E-state index is 14.7. The lowest BCUT2D eigenvalue weighted by Gasteiger charge is -2.29. The van der Waals surface area contributed by atoms with Crippen LogP contribution in [0.3, 0.4) is 0 Å². The topological polar surface area (TPSA) is 79.5 Å². The number of fused-ring (bicyclic) bond motifs is 1. The molecule has 0 saturated heterocycles. The number of rotatable bonds is 6. The molecule has 1 saturated carbocycles. The largest absolute Gasteiger partial charge is 0.477 e. The highest BCUT2D eigenvalue weighted by Crippen LogP contribution is 2.29. The summed E-state index contributed by atoms with van der Waals surface area (Å²) in [6.07, 6.45) is 4.22. The van der Waals surface area contributed by atoms with Crippen LogP contribution < -0.4 is 5.43 Å². The van der Waals surface area contributed by atoms with Crippen LogP contribution in [-0.4, -0.2) is 26.9 Å². The summed E-state index contributed by atoms with van der Waals surface area (Å²) < 4.78 is 16.4. The molecule has 0 spiro atoms. The van der Waals surface area contributed by atoms with E-state index in [0.717, 1.165) is 32.1 Å². The lowest BCUT2D eigenvalue weighted by Crippen LogP contribution is -2.32. The Kier molecular flexibility index (Phi) is 6.63. The second kappa shape index (κ2) is 9.43. The van der Waals surface area contributed by atoms with E-state index >= 15 is 0 Å². The van der Waals surface area contributed by atoms with Crippen LogP contribution in [0.2, 0.25) is 5.02 Å². The number of halogens is 2. The Morgan fingerprint density at radius 3 is 2.56 bits per heavy atom. The Morgan fingerprint density at radius 1 is 1.12 bits per heavy atom. The lowest BCUT2D eigenvalue weighted by molar-refractivity contribution is 0.0668. The standard InChI is InChI=1S/C25H25ClFNO4/c26-18-11-6-9-16(23(18)27)13-20-22(25(31)32)24(30)17-10-4-5-12-19(17)28(20)14-21(29)15-7-2-1-3-8-15/h4-6,9-12,15,21,29H,1-3,7-8,13-14H2,(H,31,32). The molecule has 7 heteroatoms. The van der Waals surface area contributed by atoms with E-state index in [9.17, 15) is 24.2 Å². The van der Waals surface area contributed by atoms with Crippen molar-refractivity contribution >= 4 is 28.5 Å². The average molecular weight is 458 g/mol. The van der Waals surface area contributed by atoms with Gasteiger partial charge in [-0.1, -0.05) is 55.1 Å². The van der Waals surface area contributed by atoms with Crippen molar-refractivity contribution in [2.24, 2.45) is 5.92 Å². The Bertz CT molecular complexity index is 1220. The summed E-state index contributed by atoms with van der Waals surface area (Å²) in [5, 5.41) is 21.1. The van der Waals surface area contributed by atoms with Crippen LogP contribution in [0.15, 0.2) is 47.3 Å². The van der Waals surface area contributed by atoms with E-state index in [4.69, 9.17) is 11.6 Å². The van der Waals surface area contributed by atoms with Crippen LogP contribution in [0, 0.1) is 11.7 Å². The first-order valence-corrected chi connectivity index (χ1v) is 11.2. The fourth-order valence-electron chi connectivity index (χ4n) is 4.78. The maximum atomic E-state index is 14.7. The van der Waals surface area contributed by atoms with Crippen LogP contribution in [0.4, 0.5) is 4.39 Å². The van der Waals surface area contributed by atoms with Crippen molar-refractivity contribution in [3.05, 3.63) is 80.3 Å². The van der Waals surface area contributed by atoms with Gasteiger partial charge in [0, 0.05) is 24.0 Å². The van der Waals surface area contributed by atoms with E-state index < -0.39 is 28.9 Å². The Balaban J connectivity index is 1.91. The van der Waals surface area contributed by atoms with Gasteiger partial charge >= 0.3 is 5.97 Å². The minimum atomic E-state index is -1.38. The highest BCUT2D eigenvalue weighted by Gasteiger charge is 2.27. The Labute approximate surface area is 190 Å². The zero-order valence-corrected chi connectivity index (χ0v) is 18.3. The molecule has 1 unspecified atom stereocenters. The monoisotopic (exact) mass is 457 g/mol. The van der Waals surface area contributed by atoms with Crippen molar-refractivity contribution in [2.75, 3.05) is 0 Å².